The van der Waals surface area contributed by atoms with Gasteiger partial charge >= 0.3 is 0 Å². The van der Waals surface area contributed by atoms with E-state index in [4.69, 9.17) is 11.6 Å². The summed E-state index contributed by atoms with van der Waals surface area (Å²) in [5, 5.41) is 8.20. The van der Waals surface area contributed by atoms with Gasteiger partial charge in [-0.1, -0.05) is 35.9 Å². The number of nitrogens with zero attached hydrogens (tertiary/aromatic N) is 3. The summed E-state index contributed by atoms with van der Waals surface area (Å²) in [5.41, 5.74) is 5.36. The molecular weight excluding hydrogens is 414 g/mol. The van der Waals surface area contributed by atoms with E-state index < -0.39 is 0 Å². The first kappa shape index (κ1) is 19.5. The van der Waals surface area contributed by atoms with Gasteiger partial charge in [0.1, 0.15) is 5.69 Å². The summed E-state index contributed by atoms with van der Waals surface area (Å²) in [6.45, 7) is 1.10. The second-order valence-corrected chi connectivity index (χ2v) is 8.07. The summed E-state index contributed by atoms with van der Waals surface area (Å²) >= 11 is 6.14. The van der Waals surface area contributed by atoms with Crippen LogP contribution < -0.4 is 5.56 Å². The van der Waals surface area contributed by atoms with Gasteiger partial charge in [-0.3, -0.25) is 14.7 Å². The molecule has 5 rings (SSSR count). The van der Waals surface area contributed by atoms with Crippen molar-refractivity contribution in [1.82, 2.24) is 25.1 Å². The lowest BCUT2D eigenvalue weighted by Crippen LogP contribution is -2.36. The first-order valence-electron chi connectivity index (χ1n) is 10.2. The smallest absolute Gasteiger partial charge is 0.270 e. The third-order valence-corrected chi connectivity index (χ3v) is 5.86. The number of para-hydroxylation sites is 2. The van der Waals surface area contributed by atoms with Gasteiger partial charge in [-0.2, -0.15) is 5.10 Å². The normalized spacial score (nSPS) is 13.4. The molecule has 0 radical (unpaired) electrons. The highest BCUT2D eigenvalue weighted by Crippen LogP contribution is 2.30. The van der Waals surface area contributed by atoms with Gasteiger partial charge < -0.3 is 9.88 Å². The van der Waals surface area contributed by atoms with E-state index in [1.165, 1.54) is 0 Å². The van der Waals surface area contributed by atoms with Crippen LogP contribution >= 0.6 is 11.6 Å². The third-order valence-electron chi connectivity index (χ3n) is 5.63. The zero-order valence-corrected chi connectivity index (χ0v) is 17.4. The van der Waals surface area contributed by atoms with Crippen molar-refractivity contribution < 1.29 is 4.79 Å². The predicted octanol–water partition coefficient (Wildman–Crippen LogP) is 3.48. The second-order valence-electron chi connectivity index (χ2n) is 7.63. The molecule has 1 aliphatic rings. The standard InChI is InChI=1S/C23H20ClN5O2/c24-15-5-3-4-14(12-15)22-16-13-29(11-10-17(16)27-28-22)21(30)9-8-20-23(31)26-19-7-2-1-6-18(19)25-20/h1-7,12H,8-11,13H2,(H,26,31)(H,27,28). The molecule has 4 aromatic rings. The molecule has 1 amide bonds. The lowest BCUT2D eigenvalue weighted by molar-refractivity contribution is -0.132. The summed E-state index contributed by atoms with van der Waals surface area (Å²) in [4.78, 5) is 34.3. The lowest BCUT2D eigenvalue weighted by Gasteiger charge is -2.27. The second kappa shape index (κ2) is 8.00. The highest BCUT2D eigenvalue weighted by Gasteiger charge is 2.26. The number of fused-ring (bicyclic) bond motifs is 2. The number of hydrogen-bond acceptors (Lipinski definition) is 4. The van der Waals surface area contributed by atoms with Crippen molar-refractivity contribution in [2.75, 3.05) is 6.54 Å². The highest BCUT2D eigenvalue weighted by atomic mass is 35.5. The molecule has 0 spiro atoms. The average molecular weight is 434 g/mol. The molecule has 0 fully saturated rings. The number of nitrogens with one attached hydrogen (secondary N) is 2. The monoisotopic (exact) mass is 433 g/mol. The fourth-order valence-corrected chi connectivity index (χ4v) is 4.19. The minimum atomic E-state index is -0.245. The van der Waals surface area contributed by atoms with E-state index in [1.807, 2.05) is 53.4 Å². The van der Waals surface area contributed by atoms with Crippen molar-refractivity contribution >= 4 is 28.5 Å². The van der Waals surface area contributed by atoms with Crippen molar-refractivity contribution in [3.8, 4) is 11.3 Å². The Morgan fingerprint density at radius 1 is 1.16 bits per heavy atom. The molecule has 0 atom stereocenters. The van der Waals surface area contributed by atoms with Gasteiger partial charge in [0.2, 0.25) is 5.91 Å². The van der Waals surface area contributed by atoms with Gasteiger partial charge in [0.25, 0.3) is 5.56 Å². The number of amides is 1. The zero-order valence-electron chi connectivity index (χ0n) is 16.7. The molecule has 0 saturated carbocycles. The highest BCUT2D eigenvalue weighted by molar-refractivity contribution is 6.30. The predicted molar refractivity (Wildman–Crippen MR) is 119 cm³/mol. The van der Waals surface area contributed by atoms with Crippen LogP contribution in [0.5, 0.6) is 0 Å². The molecule has 0 saturated heterocycles. The zero-order chi connectivity index (χ0) is 21.4. The minimum absolute atomic E-state index is 0.00162. The van der Waals surface area contributed by atoms with Crippen LogP contribution in [0.4, 0.5) is 0 Å². The van der Waals surface area contributed by atoms with Crippen molar-refractivity contribution in [1.29, 1.82) is 0 Å². The van der Waals surface area contributed by atoms with Crippen LogP contribution in [-0.4, -0.2) is 37.5 Å². The van der Waals surface area contributed by atoms with Crippen LogP contribution in [0.3, 0.4) is 0 Å². The van der Waals surface area contributed by atoms with Gasteiger partial charge in [0.05, 0.1) is 16.7 Å². The van der Waals surface area contributed by atoms with Gasteiger partial charge in [-0.25, -0.2) is 4.98 Å². The topological polar surface area (TPSA) is 94.7 Å². The van der Waals surface area contributed by atoms with Crippen LogP contribution in [0, 0.1) is 0 Å². The van der Waals surface area contributed by atoms with E-state index in [2.05, 4.69) is 20.2 Å². The van der Waals surface area contributed by atoms with E-state index >= 15 is 0 Å². The van der Waals surface area contributed by atoms with Gasteiger partial charge in [-0.15, -0.1) is 0 Å². The lowest BCUT2D eigenvalue weighted by atomic mass is 10.0. The number of halogens is 1. The molecule has 156 valence electrons. The van der Waals surface area contributed by atoms with Crippen LogP contribution in [0.2, 0.25) is 5.02 Å². The van der Waals surface area contributed by atoms with Crippen LogP contribution in [0.25, 0.3) is 22.3 Å². The molecule has 2 N–H and O–H groups in total. The fraction of sp³-hybridized carbons (Fsp3) is 0.217. The molecule has 7 nitrogen and oxygen atoms in total. The number of aromatic nitrogens is 4. The number of rotatable bonds is 4. The molecule has 0 unspecified atom stereocenters. The quantitative estimate of drug-likeness (QED) is 0.515. The van der Waals surface area contributed by atoms with Gasteiger partial charge in [0.15, 0.2) is 0 Å². The number of benzene rings is 2. The van der Waals surface area contributed by atoms with Crippen molar-refractivity contribution in [2.45, 2.75) is 25.8 Å². The Morgan fingerprint density at radius 2 is 2.03 bits per heavy atom. The number of aromatic amines is 2. The number of carbonyl (C=O) groups excluding carboxylic acids is 1. The summed E-state index contributed by atoms with van der Waals surface area (Å²) in [7, 11) is 0. The molecule has 2 aromatic heterocycles. The van der Waals surface area contributed by atoms with E-state index in [0.717, 1.165) is 28.0 Å². The van der Waals surface area contributed by atoms with Crippen LogP contribution in [0.15, 0.2) is 53.3 Å². The summed E-state index contributed by atoms with van der Waals surface area (Å²) in [6, 6.07) is 14.9. The Morgan fingerprint density at radius 3 is 2.90 bits per heavy atom. The summed E-state index contributed by atoms with van der Waals surface area (Å²) < 4.78 is 0. The SMILES string of the molecule is O=C(CCc1nc2ccccc2[nH]c1=O)N1CCc2[nH]nc(-c3cccc(Cl)c3)c2C1. The van der Waals surface area contributed by atoms with E-state index in [-0.39, 0.29) is 17.9 Å². The van der Waals surface area contributed by atoms with Gasteiger partial charge in [0, 0.05) is 54.2 Å². The first-order valence-corrected chi connectivity index (χ1v) is 10.5. The Kier molecular flexibility index (Phi) is 5.03. The molecule has 0 aliphatic carbocycles. The molecule has 31 heavy (non-hydrogen) atoms. The summed E-state index contributed by atoms with van der Waals surface area (Å²) in [5.74, 6) is -0.00162. The Balaban J connectivity index is 1.32. The van der Waals surface area contributed by atoms with E-state index in [9.17, 15) is 9.59 Å². The maximum absolute atomic E-state index is 12.9. The molecule has 2 aromatic carbocycles. The fourth-order valence-electron chi connectivity index (χ4n) is 4.00. The molecular formula is C23H20ClN5O2. The molecule has 0 bridgehead atoms. The Bertz CT molecular complexity index is 1340. The number of aryl methyl sites for hydroxylation is 1. The van der Waals surface area contributed by atoms with Crippen molar-refractivity contribution in [2.24, 2.45) is 0 Å². The molecule has 8 heteroatoms. The van der Waals surface area contributed by atoms with E-state index in [0.29, 0.717) is 42.2 Å². The number of H-pyrrole nitrogens is 2. The van der Waals surface area contributed by atoms with Crippen LogP contribution in [-0.2, 0) is 24.2 Å². The van der Waals surface area contributed by atoms with Crippen LogP contribution in [0.1, 0.15) is 23.4 Å². The maximum Gasteiger partial charge on any atom is 0.270 e. The van der Waals surface area contributed by atoms with Crippen molar-refractivity contribution in [3.63, 3.8) is 0 Å². The molecule has 3 heterocycles. The largest absolute Gasteiger partial charge is 0.338 e. The first-order chi connectivity index (χ1) is 15.1. The van der Waals surface area contributed by atoms with Crippen molar-refractivity contribution in [3.05, 3.63) is 80.9 Å². The maximum atomic E-state index is 12.9. The van der Waals surface area contributed by atoms with Gasteiger partial charge in [-0.05, 0) is 24.3 Å². The minimum Gasteiger partial charge on any atom is -0.338 e. The summed E-state index contributed by atoms with van der Waals surface area (Å²) in [6.07, 6.45) is 1.24. The third kappa shape index (κ3) is 3.84. The number of hydrogen-bond donors (Lipinski definition) is 2. The Hall–Kier alpha value is -3.45. The van der Waals surface area contributed by atoms with E-state index in [1.54, 1.807) is 0 Å². The molecule has 1 aliphatic heterocycles. The Labute approximate surface area is 183 Å². The average Bonchev–Trinajstić information content (AvgIpc) is 3.21. The number of carbonyl (C=O) groups is 1.